The van der Waals surface area contributed by atoms with E-state index in [-0.39, 0.29) is 11.6 Å². The van der Waals surface area contributed by atoms with Gasteiger partial charge in [0, 0.05) is 37.6 Å². The molecule has 1 N–H and O–H groups in total. The molecule has 35 heavy (non-hydrogen) atoms. The molecule has 1 fully saturated rings. The van der Waals surface area contributed by atoms with Gasteiger partial charge in [0.1, 0.15) is 11.5 Å². The molecule has 1 saturated heterocycles. The Labute approximate surface area is 206 Å². The van der Waals surface area contributed by atoms with Gasteiger partial charge in [-0.2, -0.15) is 0 Å². The predicted molar refractivity (Wildman–Crippen MR) is 136 cm³/mol. The molecule has 2 aromatic carbocycles. The molecule has 8 heteroatoms. The van der Waals surface area contributed by atoms with E-state index < -0.39 is 5.97 Å². The number of aromatic nitrogens is 2. The lowest BCUT2D eigenvalue weighted by Gasteiger charge is -2.27. The van der Waals surface area contributed by atoms with Crippen LogP contribution in [0.4, 0.5) is 11.6 Å². The third kappa shape index (κ3) is 5.48. The molecule has 0 bridgehead atoms. The molecule has 4 rings (SSSR count). The summed E-state index contributed by atoms with van der Waals surface area (Å²) in [5.74, 6) is 1.09. The van der Waals surface area contributed by atoms with Crippen LogP contribution < -0.4 is 19.3 Å². The van der Waals surface area contributed by atoms with E-state index >= 15 is 0 Å². The van der Waals surface area contributed by atoms with Crippen molar-refractivity contribution in [3.05, 3.63) is 71.5 Å². The molecule has 0 amide bonds. The van der Waals surface area contributed by atoms with E-state index in [1.54, 1.807) is 14.2 Å². The van der Waals surface area contributed by atoms with Gasteiger partial charge in [0.2, 0.25) is 5.95 Å². The van der Waals surface area contributed by atoms with Crippen molar-refractivity contribution in [3.8, 4) is 11.5 Å². The molecule has 0 saturated carbocycles. The van der Waals surface area contributed by atoms with Crippen LogP contribution in [0, 0.1) is 0 Å². The SMILES string of the molecule is COc1ccc(OC)c([C@@H]2CCCN2c2ncc(C(=O)O)c(CCCN(C)c3ccccc3)n2)c1. The van der Waals surface area contributed by atoms with E-state index in [1.165, 1.54) is 6.20 Å². The van der Waals surface area contributed by atoms with Gasteiger partial charge in [0.05, 0.1) is 31.5 Å². The van der Waals surface area contributed by atoms with E-state index in [2.05, 4.69) is 26.9 Å². The van der Waals surface area contributed by atoms with Gasteiger partial charge >= 0.3 is 5.97 Å². The fourth-order valence-corrected chi connectivity index (χ4v) is 4.64. The Morgan fingerprint density at radius 1 is 1.17 bits per heavy atom. The van der Waals surface area contributed by atoms with Gasteiger partial charge in [-0.3, -0.25) is 0 Å². The molecular formula is C27H32N4O4. The number of carboxylic acid groups (broad SMARTS) is 1. The number of carbonyl (C=O) groups is 1. The van der Waals surface area contributed by atoms with Crippen molar-refractivity contribution in [1.29, 1.82) is 0 Å². The van der Waals surface area contributed by atoms with Gasteiger partial charge in [-0.15, -0.1) is 0 Å². The average molecular weight is 477 g/mol. The standard InChI is InChI=1S/C27H32N4O4/c1-30(19-9-5-4-6-10-19)15-7-11-23-22(26(32)33)18-28-27(29-23)31-16-8-12-24(31)21-17-20(34-2)13-14-25(21)35-3/h4-6,9-10,13-14,17-18,24H,7-8,11-12,15-16H2,1-3H3,(H,32,33)/t24-/m0/s1. The smallest absolute Gasteiger partial charge is 0.339 e. The van der Waals surface area contributed by atoms with Crippen LogP contribution in [0.3, 0.4) is 0 Å². The van der Waals surface area contributed by atoms with Gasteiger partial charge in [-0.25, -0.2) is 14.8 Å². The highest BCUT2D eigenvalue weighted by atomic mass is 16.5. The number of ether oxygens (including phenoxy) is 2. The molecule has 3 aromatic rings. The number of methoxy groups -OCH3 is 2. The van der Waals surface area contributed by atoms with Crippen molar-refractivity contribution in [2.75, 3.05) is 44.2 Å². The molecule has 0 radical (unpaired) electrons. The van der Waals surface area contributed by atoms with Crippen molar-refractivity contribution in [1.82, 2.24) is 9.97 Å². The van der Waals surface area contributed by atoms with E-state index in [0.29, 0.717) is 18.1 Å². The summed E-state index contributed by atoms with van der Waals surface area (Å²) in [6, 6.07) is 15.9. The Kier molecular flexibility index (Phi) is 7.70. The number of aryl methyl sites for hydroxylation is 1. The molecule has 1 aliphatic rings. The number of nitrogens with zero attached hydrogens (tertiary/aromatic N) is 4. The van der Waals surface area contributed by atoms with Crippen molar-refractivity contribution in [2.45, 2.75) is 31.7 Å². The first kappa shape index (κ1) is 24.3. The average Bonchev–Trinajstić information content (AvgIpc) is 3.38. The quantitative estimate of drug-likeness (QED) is 0.454. The Balaban J connectivity index is 1.56. The number of para-hydroxylation sites is 1. The normalized spacial score (nSPS) is 15.2. The van der Waals surface area contributed by atoms with Crippen molar-refractivity contribution < 1.29 is 19.4 Å². The first-order chi connectivity index (χ1) is 17.0. The summed E-state index contributed by atoms with van der Waals surface area (Å²) in [4.78, 5) is 25.4. The number of benzene rings is 2. The highest BCUT2D eigenvalue weighted by Gasteiger charge is 2.31. The van der Waals surface area contributed by atoms with Crippen LogP contribution in [-0.4, -0.2) is 55.4 Å². The van der Waals surface area contributed by atoms with Crippen molar-refractivity contribution >= 4 is 17.6 Å². The molecular weight excluding hydrogens is 444 g/mol. The second-order valence-electron chi connectivity index (χ2n) is 8.66. The zero-order chi connectivity index (χ0) is 24.8. The van der Waals surface area contributed by atoms with E-state index in [4.69, 9.17) is 14.5 Å². The summed E-state index contributed by atoms with van der Waals surface area (Å²) in [6.07, 6.45) is 4.67. The summed E-state index contributed by atoms with van der Waals surface area (Å²) in [5.41, 5.74) is 2.86. The van der Waals surface area contributed by atoms with Crippen LogP contribution in [0.1, 0.15) is 46.9 Å². The van der Waals surface area contributed by atoms with Crippen LogP contribution in [0.25, 0.3) is 0 Å². The zero-order valence-corrected chi connectivity index (χ0v) is 20.5. The number of aromatic carboxylic acids is 1. The Morgan fingerprint density at radius 2 is 1.97 bits per heavy atom. The fraction of sp³-hybridized carbons (Fsp3) is 0.370. The van der Waals surface area contributed by atoms with E-state index in [9.17, 15) is 9.90 Å². The molecule has 2 heterocycles. The molecule has 1 aromatic heterocycles. The zero-order valence-electron chi connectivity index (χ0n) is 20.5. The monoisotopic (exact) mass is 476 g/mol. The number of hydrogen-bond acceptors (Lipinski definition) is 7. The largest absolute Gasteiger partial charge is 0.497 e. The van der Waals surface area contributed by atoms with Crippen molar-refractivity contribution in [3.63, 3.8) is 0 Å². The predicted octanol–water partition coefficient (Wildman–Crippen LogP) is 4.60. The van der Waals surface area contributed by atoms with Crippen LogP contribution in [-0.2, 0) is 6.42 Å². The molecule has 0 spiro atoms. The van der Waals surface area contributed by atoms with E-state index in [1.807, 2.05) is 43.4 Å². The highest BCUT2D eigenvalue weighted by molar-refractivity contribution is 5.88. The number of rotatable bonds is 10. The Hall–Kier alpha value is -3.81. The summed E-state index contributed by atoms with van der Waals surface area (Å²) in [6.45, 7) is 1.57. The van der Waals surface area contributed by atoms with Crippen LogP contribution >= 0.6 is 0 Å². The van der Waals surface area contributed by atoms with Gasteiger partial charge in [-0.1, -0.05) is 18.2 Å². The van der Waals surface area contributed by atoms with Crippen molar-refractivity contribution in [2.24, 2.45) is 0 Å². The minimum Gasteiger partial charge on any atom is -0.497 e. The molecule has 184 valence electrons. The Bertz CT molecular complexity index is 1160. The van der Waals surface area contributed by atoms with E-state index in [0.717, 1.165) is 55.1 Å². The van der Waals surface area contributed by atoms with Crippen LogP contribution in [0.2, 0.25) is 0 Å². The lowest BCUT2D eigenvalue weighted by Crippen LogP contribution is -2.26. The number of hydrogen-bond donors (Lipinski definition) is 1. The number of carboxylic acids is 1. The first-order valence-corrected chi connectivity index (χ1v) is 11.9. The van der Waals surface area contributed by atoms with Gasteiger partial charge in [-0.05, 0) is 56.0 Å². The molecule has 0 unspecified atom stereocenters. The van der Waals surface area contributed by atoms with Crippen LogP contribution in [0.5, 0.6) is 11.5 Å². The maximum atomic E-state index is 11.9. The summed E-state index contributed by atoms with van der Waals surface area (Å²) in [7, 11) is 5.34. The molecule has 0 aliphatic carbocycles. The third-order valence-electron chi connectivity index (χ3n) is 6.50. The van der Waals surface area contributed by atoms with Gasteiger partial charge < -0.3 is 24.4 Å². The summed E-state index contributed by atoms with van der Waals surface area (Å²) < 4.78 is 11.1. The van der Waals surface area contributed by atoms with Gasteiger partial charge in [0.15, 0.2) is 0 Å². The second-order valence-corrected chi connectivity index (χ2v) is 8.66. The second kappa shape index (κ2) is 11.1. The first-order valence-electron chi connectivity index (χ1n) is 11.9. The molecule has 1 aliphatic heterocycles. The maximum Gasteiger partial charge on any atom is 0.339 e. The minimum absolute atomic E-state index is 0.0211. The fourth-order valence-electron chi connectivity index (χ4n) is 4.64. The minimum atomic E-state index is -1.00. The van der Waals surface area contributed by atoms with Crippen LogP contribution in [0.15, 0.2) is 54.7 Å². The lowest BCUT2D eigenvalue weighted by molar-refractivity contribution is 0.0694. The van der Waals surface area contributed by atoms with Gasteiger partial charge in [0.25, 0.3) is 0 Å². The lowest BCUT2D eigenvalue weighted by atomic mass is 10.0. The number of anilines is 2. The molecule has 1 atom stereocenters. The highest BCUT2D eigenvalue weighted by Crippen LogP contribution is 2.40. The maximum absolute atomic E-state index is 11.9. The molecule has 8 nitrogen and oxygen atoms in total. The third-order valence-corrected chi connectivity index (χ3v) is 6.50. The topological polar surface area (TPSA) is 88.0 Å². The Morgan fingerprint density at radius 3 is 2.69 bits per heavy atom. The summed E-state index contributed by atoms with van der Waals surface area (Å²) >= 11 is 0. The summed E-state index contributed by atoms with van der Waals surface area (Å²) in [5, 5.41) is 9.73.